The molecule has 0 aliphatic carbocycles. The smallest absolute Gasteiger partial charge is 0.223 e. The number of anilines is 1. The van der Waals surface area contributed by atoms with Crippen LogP contribution in [0.25, 0.3) is 27.6 Å². The van der Waals surface area contributed by atoms with Crippen LogP contribution >= 0.6 is 23.7 Å². The molecule has 4 heterocycles. The average Bonchev–Trinajstić information content (AvgIpc) is 3.36. The van der Waals surface area contributed by atoms with Gasteiger partial charge in [-0.2, -0.15) is 0 Å². The molecule has 5 rings (SSSR count). The first-order chi connectivity index (χ1) is 14.7. The molecule has 0 spiro atoms. The highest BCUT2D eigenvalue weighted by Crippen LogP contribution is 2.35. The van der Waals surface area contributed by atoms with Crippen molar-refractivity contribution in [2.45, 2.75) is 18.9 Å². The molecule has 0 unspecified atom stereocenters. The monoisotopic (exact) mass is 460 g/mol. The zero-order valence-corrected chi connectivity index (χ0v) is 18.5. The largest absolute Gasteiger partial charge is 0.494 e. The second-order valence-corrected chi connectivity index (χ2v) is 8.02. The lowest BCUT2D eigenvalue weighted by Crippen LogP contribution is -2.35. The average molecular weight is 461 g/mol. The Morgan fingerprint density at radius 2 is 2.06 bits per heavy atom. The van der Waals surface area contributed by atoms with E-state index in [2.05, 4.69) is 15.6 Å². The number of rotatable bonds is 5. The number of benzene rings is 1. The van der Waals surface area contributed by atoms with Crippen LogP contribution in [0.4, 0.5) is 10.3 Å². The molecule has 1 saturated heterocycles. The van der Waals surface area contributed by atoms with Crippen LogP contribution in [0.3, 0.4) is 0 Å². The molecule has 0 atom stereocenters. The molecular weight excluding hydrogens is 439 g/mol. The molecule has 2 N–H and O–H groups in total. The van der Waals surface area contributed by atoms with Crippen LogP contribution in [0.1, 0.15) is 12.8 Å². The highest BCUT2D eigenvalue weighted by Gasteiger charge is 2.20. The van der Waals surface area contributed by atoms with E-state index in [4.69, 9.17) is 14.7 Å². The molecule has 0 amide bonds. The summed E-state index contributed by atoms with van der Waals surface area (Å²) in [6, 6.07) is 7.01. The Morgan fingerprint density at radius 3 is 2.87 bits per heavy atom. The van der Waals surface area contributed by atoms with Crippen molar-refractivity contribution in [2.75, 3.05) is 25.5 Å². The summed E-state index contributed by atoms with van der Waals surface area (Å²) in [7, 11) is 1.46. The van der Waals surface area contributed by atoms with Gasteiger partial charge in [0.2, 0.25) is 5.95 Å². The van der Waals surface area contributed by atoms with Gasteiger partial charge in [-0.1, -0.05) is 0 Å². The number of piperidine rings is 1. The zero-order valence-electron chi connectivity index (χ0n) is 16.8. The lowest BCUT2D eigenvalue weighted by Gasteiger charge is -2.23. The van der Waals surface area contributed by atoms with Crippen LogP contribution in [0, 0.1) is 5.82 Å². The first-order valence-electron chi connectivity index (χ1n) is 9.83. The lowest BCUT2D eigenvalue weighted by molar-refractivity contribution is 0.387. The molecule has 3 aromatic heterocycles. The second kappa shape index (κ2) is 9.17. The van der Waals surface area contributed by atoms with E-state index < -0.39 is 5.82 Å². The summed E-state index contributed by atoms with van der Waals surface area (Å²) in [6.45, 7) is 1.98. The summed E-state index contributed by atoms with van der Waals surface area (Å²) in [5.41, 5.74) is 3.10. The fraction of sp³-hybridized carbons (Fsp3) is 0.286. The normalized spacial score (nSPS) is 14.4. The Morgan fingerprint density at radius 1 is 1.23 bits per heavy atom. The van der Waals surface area contributed by atoms with E-state index in [1.165, 1.54) is 24.5 Å². The summed E-state index contributed by atoms with van der Waals surface area (Å²) in [5, 5.41) is 8.80. The van der Waals surface area contributed by atoms with Gasteiger partial charge in [-0.3, -0.25) is 4.40 Å². The minimum absolute atomic E-state index is 0. The van der Waals surface area contributed by atoms with Crippen molar-refractivity contribution in [1.29, 1.82) is 0 Å². The summed E-state index contributed by atoms with van der Waals surface area (Å²) >= 11 is 1.54. The van der Waals surface area contributed by atoms with Crippen LogP contribution in [0.2, 0.25) is 0 Å². The van der Waals surface area contributed by atoms with Crippen molar-refractivity contribution in [3.8, 4) is 28.4 Å². The molecule has 31 heavy (non-hydrogen) atoms. The number of thiazole rings is 1. The van der Waals surface area contributed by atoms with Gasteiger partial charge in [-0.15, -0.1) is 23.7 Å². The van der Waals surface area contributed by atoms with Gasteiger partial charge in [0, 0.05) is 29.4 Å². The summed E-state index contributed by atoms with van der Waals surface area (Å²) in [6.07, 6.45) is 5.80. The summed E-state index contributed by atoms with van der Waals surface area (Å²) in [5.74, 6) is 0.386. The number of methoxy groups -OCH3 is 1. The van der Waals surface area contributed by atoms with Crippen LogP contribution < -0.4 is 15.4 Å². The van der Waals surface area contributed by atoms with Crippen molar-refractivity contribution in [2.24, 2.45) is 0 Å². The van der Waals surface area contributed by atoms with Gasteiger partial charge in [0.05, 0.1) is 18.5 Å². The Bertz CT molecular complexity index is 1190. The second-order valence-electron chi connectivity index (χ2n) is 7.15. The van der Waals surface area contributed by atoms with Gasteiger partial charge in [-0.25, -0.2) is 19.3 Å². The molecule has 162 valence electrons. The predicted molar refractivity (Wildman–Crippen MR) is 123 cm³/mol. The van der Waals surface area contributed by atoms with Gasteiger partial charge in [-0.05, 0) is 50.2 Å². The third-order valence-electron chi connectivity index (χ3n) is 5.26. The first kappa shape index (κ1) is 21.5. The maximum atomic E-state index is 13.9. The van der Waals surface area contributed by atoms with E-state index >= 15 is 0 Å². The molecule has 0 radical (unpaired) electrons. The molecule has 4 aromatic rings. The maximum Gasteiger partial charge on any atom is 0.223 e. The molecule has 0 bridgehead atoms. The number of ether oxygens (including phenoxy) is 1. The number of imidazole rings is 1. The third kappa shape index (κ3) is 4.21. The third-order valence-corrected chi connectivity index (χ3v) is 6.01. The van der Waals surface area contributed by atoms with E-state index in [-0.39, 0.29) is 18.2 Å². The van der Waals surface area contributed by atoms with Crippen LogP contribution in [0.5, 0.6) is 5.75 Å². The number of nitrogens with one attached hydrogen (secondary N) is 2. The number of aromatic nitrogens is 4. The zero-order chi connectivity index (χ0) is 20.5. The molecule has 0 saturated carbocycles. The fourth-order valence-electron chi connectivity index (χ4n) is 3.75. The molecule has 1 aliphatic rings. The molecule has 1 aromatic carbocycles. The summed E-state index contributed by atoms with van der Waals surface area (Å²) in [4.78, 5) is 14.8. The minimum atomic E-state index is -0.403. The SMILES string of the molecule is COc1cc(-c2nc3sccn3c2-c2ccnc(NC3CCNCC3)n2)ccc1F.Cl. The molecule has 7 nitrogen and oxygen atoms in total. The quantitative estimate of drug-likeness (QED) is 0.463. The van der Waals surface area contributed by atoms with Crippen LogP contribution in [-0.4, -0.2) is 45.6 Å². The molecule has 1 aliphatic heterocycles. The standard InChI is InChI=1S/C21H21FN6OS.ClH/c1-29-17-12-13(2-3-15(17)22)18-19(28-10-11-30-21(28)27-18)16-6-9-24-20(26-16)25-14-4-7-23-8-5-14;/h2-3,6,9-12,14,23H,4-5,7-8H2,1H3,(H,24,25,26);1H. The van der Waals surface area contributed by atoms with Crippen molar-refractivity contribution in [3.63, 3.8) is 0 Å². The van der Waals surface area contributed by atoms with E-state index in [1.54, 1.807) is 18.3 Å². The Balaban J connectivity index is 0.00000231. The van der Waals surface area contributed by atoms with Gasteiger partial charge in [0.15, 0.2) is 16.5 Å². The molecular formula is C21H22ClFN6OS. The Labute approximate surface area is 189 Å². The Hall–Kier alpha value is -2.75. The number of hydrogen-bond donors (Lipinski definition) is 2. The van der Waals surface area contributed by atoms with Crippen molar-refractivity contribution >= 4 is 34.7 Å². The lowest BCUT2D eigenvalue weighted by atomic mass is 10.1. The number of fused-ring (bicyclic) bond motifs is 1. The van der Waals surface area contributed by atoms with Crippen LogP contribution in [0.15, 0.2) is 42.0 Å². The first-order valence-corrected chi connectivity index (χ1v) is 10.7. The maximum absolute atomic E-state index is 13.9. The number of halogens is 2. The van der Waals surface area contributed by atoms with E-state index in [0.29, 0.717) is 12.0 Å². The van der Waals surface area contributed by atoms with Crippen molar-refractivity contribution in [1.82, 2.24) is 24.7 Å². The van der Waals surface area contributed by atoms with E-state index in [0.717, 1.165) is 53.5 Å². The minimum Gasteiger partial charge on any atom is -0.494 e. The highest BCUT2D eigenvalue weighted by atomic mass is 35.5. The fourth-order valence-corrected chi connectivity index (χ4v) is 4.46. The van der Waals surface area contributed by atoms with Crippen molar-refractivity contribution < 1.29 is 9.13 Å². The topological polar surface area (TPSA) is 76.4 Å². The van der Waals surface area contributed by atoms with Crippen molar-refractivity contribution in [3.05, 3.63) is 47.9 Å². The highest BCUT2D eigenvalue weighted by molar-refractivity contribution is 7.15. The predicted octanol–water partition coefficient (Wildman–Crippen LogP) is 4.25. The van der Waals surface area contributed by atoms with Crippen LogP contribution in [-0.2, 0) is 0 Å². The number of hydrogen-bond acceptors (Lipinski definition) is 7. The van der Waals surface area contributed by atoms with Gasteiger partial charge < -0.3 is 15.4 Å². The van der Waals surface area contributed by atoms with E-state index in [1.807, 2.05) is 22.0 Å². The Kier molecular flexibility index (Phi) is 6.35. The van der Waals surface area contributed by atoms with Gasteiger partial charge in [0.25, 0.3) is 0 Å². The number of nitrogens with zero attached hydrogens (tertiary/aromatic N) is 4. The van der Waals surface area contributed by atoms with E-state index in [9.17, 15) is 4.39 Å². The van der Waals surface area contributed by atoms with Gasteiger partial charge in [0.1, 0.15) is 5.69 Å². The summed E-state index contributed by atoms with van der Waals surface area (Å²) < 4.78 is 21.1. The molecule has 10 heteroatoms. The van der Waals surface area contributed by atoms with Gasteiger partial charge >= 0.3 is 0 Å². The molecule has 1 fully saturated rings.